The van der Waals surface area contributed by atoms with Gasteiger partial charge in [-0.25, -0.2) is 0 Å². The number of allylic oxidation sites excluding steroid dienone is 2. The lowest BCUT2D eigenvalue weighted by molar-refractivity contribution is 0.0108. The Morgan fingerprint density at radius 2 is 1.75 bits per heavy atom. The van der Waals surface area contributed by atoms with Crippen molar-refractivity contribution >= 4 is 26.4 Å². The number of hydrogen-bond donors (Lipinski definition) is 0. The highest BCUT2D eigenvalue weighted by Crippen LogP contribution is 2.54. The van der Waals surface area contributed by atoms with E-state index in [1.165, 1.54) is 54.8 Å². The van der Waals surface area contributed by atoms with Crippen molar-refractivity contribution in [1.29, 1.82) is 0 Å². The van der Waals surface area contributed by atoms with Gasteiger partial charge in [0.2, 0.25) is 0 Å². The molecule has 0 N–H and O–H groups in total. The van der Waals surface area contributed by atoms with E-state index >= 15 is 0 Å². The van der Waals surface area contributed by atoms with Gasteiger partial charge in [-0.3, -0.25) is 0 Å². The SMILES string of the molecule is CCCCCc1cc2c(c(O[Si](C)(C)OC(C)[SiH2]OC(C)[Si](C)(C)CCCC)c1)[C@@H]1C=C(C)CC[C@H]1C(C)(C)O2. The van der Waals surface area contributed by atoms with Crippen LogP contribution in [0.25, 0.3) is 0 Å². The molecule has 0 aromatic heterocycles. The number of unbranched alkanes of at least 4 members (excludes halogenated alkanes) is 3. The van der Waals surface area contributed by atoms with E-state index < -0.39 is 26.4 Å². The summed E-state index contributed by atoms with van der Waals surface area (Å²) in [7, 11) is -4.68. The van der Waals surface area contributed by atoms with Crippen molar-refractivity contribution in [3.05, 3.63) is 34.9 Å². The molecule has 1 aromatic rings. The van der Waals surface area contributed by atoms with E-state index in [2.05, 4.69) is 92.9 Å². The summed E-state index contributed by atoms with van der Waals surface area (Å²) in [5, 5.41) is 0. The van der Waals surface area contributed by atoms with Crippen molar-refractivity contribution in [3.63, 3.8) is 0 Å². The van der Waals surface area contributed by atoms with E-state index in [4.69, 9.17) is 18.0 Å². The van der Waals surface area contributed by atoms with Gasteiger partial charge in [0.1, 0.15) is 17.1 Å². The number of fused-ring (bicyclic) bond motifs is 3. The van der Waals surface area contributed by atoms with E-state index in [-0.39, 0.29) is 11.3 Å². The van der Waals surface area contributed by atoms with E-state index in [1.54, 1.807) is 0 Å². The zero-order valence-corrected chi connectivity index (χ0v) is 31.2. The number of aryl methyl sites for hydroxylation is 1. The Balaban J connectivity index is 1.82. The van der Waals surface area contributed by atoms with Crippen LogP contribution in [0.3, 0.4) is 0 Å². The average Bonchev–Trinajstić information content (AvgIpc) is 2.84. The first-order valence-electron chi connectivity index (χ1n) is 16.2. The predicted molar refractivity (Wildman–Crippen MR) is 179 cm³/mol. The molecule has 1 heterocycles. The molecule has 0 fully saturated rings. The monoisotopic (exact) mass is 604 g/mol. The highest BCUT2D eigenvalue weighted by Gasteiger charge is 2.46. The second-order valence-electron chi connectivity index (χ2n) is 14.4. The largest absolute Gasteiger partial charge is 0.520 e. The summed E-state index contributed by atoms with van der Waals surface area (Å²) in [6.45, 7) is 25.2. The molecule has 0 radical (unpaired) electrons. The molecule has 0 saturated carbocycles. The van der Waals surface area contributed by atoms with Crippen molar-refractivity contribution in [2.75, 3.05) is 0 Å². The van der Waals surface area contributed by atoms with E-state index in [1.807, 2.05) is 0 Å². The summed E-state index contributed by atoms with van der Waals surface area (Å²) in [6, 6.07) is 5.95. The topological polar surface area (TPSA) is 36.9 Å². The highest BCUT2D eigenvalue weighted by molar-refractivity contribution is 6.78. The van der Waals surface area contributed by atoms with Gasteiger partial charge in [-0.05, 0) is 91.1 Å². The third-order valence-corrected chi connectivity index (χ3v) is 17.0. The fourth-order valence-electron chi connectivity index (χ4n) is 6.52. The van der Waals surface area contributed by atoms with E-state index in [0.29, 0.717) is 17.6 Å². The van der Waals surface area contributed by atoms with Crippen molar-refractivity contribution in [3.8, 4) is 11.5 Å². The number of rotatable bonds is 15. The Morgan fingerprint density at radius 1 is 1.05 bits per heavy atom. The Kier molecular flexibility index (Phi) is 11.8. The van der Waals surface area contributed by atoms with Gasteiger partial charge >= 0.3 is 8.56 Å². The molecule has 3 rings (SSSR count). The molecule has 2 unspecified atom stereocenters. The van der Waals surface area contributed by atoms with Crippen LogP contribution in [-0.2, 0) is 15.3 Å². The Morgan fingerprint density at radius 3 is 2.42 bits per heavy atom. The van der Waals surface area contributed by atoms with Crippen LogP contribution in [-0.4, -0.2) is 43.5 Å². The Labute approximate surface area is 251 Å². The molecule has 40 heavy (non-hydrogen) atoms. The van der Waals surface area contributed by atoms with Gasteiger partial charge in [0.05, 0.1) is 13.8 Å². The quantitative estimate of drug-likeness (QED) is 0.114. The molecular weight excluding hydrogens is 545 g/mol. The molecule has 0 saturated heterocycles. The average molecular weight is 605 g/mol. The van der Waals surface area contributed by atoms with Crippen LogP contribution >= 0.6 is 0 Å². The number of benzene rings is 1. The summed E-state index contributed by atoms with van der Waals surface area (Å²) in [5.41, 5.74) is 4.35. The first-order chi connectivity index (χ1) is 18.7. The van der Waals surface area contributed by atoms with Crippen LogP contribution < -0.4 is 9.16 Å². The molecule has 4 nitrogen and oxygen atoms in total. The summed E-state index contributed by atoms with van der Waals surface area (Å²) >= 11 is 0. The van der Waals surface area contributed by atoms with Crippen LogP contribution in [0.5, 0.6) is 11.5 Å². The maximum absolute atomic E-state index is 6.98. The molecule has 1 aromatic carbocycles. The van der Waals surface area contributed by atoms with Gasteiger partial charge < -0.3 is 18.0 Å². The predicted octanol–water partition coefficient (Wildman–Crippen LogP) is 9.01. The summed E-state index contributed by atoms with van der Waals surface area (Å²) < 4.78 is 27.0. The smallest absolute Gasteiger partial charge is 0.392 e. The highest BCUT2D eigenvalue weighted by atomic mass is 28.4. The fraction of sp³-hybridized carbons (Fsp3) is 0.758. The van der Waals surface area contributed by atoms with Gasteiger partial charge in [-0.1, -0.05) is 70.3 Å². The van der Waals surface area contributed by atoms with Gasteiger partial charge in [-0.2, -0.15) is 0 Å². The summed E-state index contributed by atoms with van der Waals surface area (Å²) in [4.78, 5) is 0. The fourth-order valence-corrected chi connectivity index (χ4v) is 14.0. The Hall–Kier alpha value is -0.869. The first-order valence-corrected chi connectivity index (χ1v) is 23.7. The minimum absolute atomic E-state index is 0.128. The van der Waals surface area contributed by atoms with E-state index in [9.17, 15) is 0 Å². The maximum atomic E-state index is 6.98. The Bertz CT molecular complexity index is 1000. The minimum Gasteiger partial charge on any atom is -0.520 e. The molecule has 2 aliphatic rings. The maximum Gasteiger partial charge on any atom is 0.392 e. The molecule has 7 heteroatoms. The van der Waals surface area contributed by atoms with Crippen molar-refractivity contribution in [2.24, 2.45) is 5.92 Å². The number of hydrogen-bond acceptors (Lipinski definition) is 4. The van der Waals surface area contributed by atoms with Gasteiger partial charge in [-0.15, -0.1) is 0 Å². The van der Waals surface area contributed by atoms with Crippen LogP contribution in [0, 0.1) is 5.92 Å². The van der Waals surface area contributed by atoms with Crippen LogP contribution in [0.1, 0.15) is 110 Å². The lowest BCUT2D eigenvalue weighted by atomic mass is 9.68. The first kappa shape index (κ1) is 33.6. The molecule has 228 valence electrons. The lowest BCUT2D eigenvalue weighted by Crippen LogP contribution is -2.47. The molecule has 1 aliphatic heterocycles. The molecule has 1 aliphatic carbocycles. The second-order valence-corrected chi connectivity index (χ2v) is 24.7. The molecule has 0 bridgehead atoms. The number of ether oxygens (including phenoxy) is 1. The molecule has 0 amide bonds. The summed E-state index contributed by atoms with van der Waals surface area (Å²) in [6.07, 6.45) is 12.1. The van der Waals surface area contributed by atoms with Crippen LogP contribution in [0.2, 0.25) is 32.2 Å². The van der Waals surface area contributed by atoms with Gasteiger partial charge in [0.25, 0.3) is 0 Å². The zero-order chi connectivity index (χ0) is 29.7. The van der Waals surface area contributed by atoms with Crippen molar-refractivity contribution < 1.29 is 18.0 Å². The molecule has 0 spiro atoms. The van der Waals surface area contributed by atoms with Gasteiger partial charge in [0, 0.05) is 23.1 Å². The third-order valence-electron chi connectivity index (χ3n) is 9.28. The standard InChI is InChI=1S/C33H60O4Si3/c1-12-14-16-17-27-22-30-32(28-21-24(3)18-19-29(28)33(6,7)34-30)31(23-27)37-40(10,11)36-25(4)38-35-26(5)39(8,9)20-15-13-2/h21-23,25-26,28-29H,12-20,38H2,1-11H3/t25?,26?,28-,29-/m1/s1. The third kappa shape index (κ3) is 8.82. The van der Waals surface area contributed by atoms with Crippen molar-refractivity contribution in [1.82, 2.24) is 0 Å². The van der Waals surface area contributed by atoms with Crippen LogP contribution in [0.15, 0.2) is 23.8 Å². The van der Waals surface area contributed by atoms with Gasteiger partial charge in [0.15, 0.2) is 9.76 Å². The van der Waals surface area contributed by atoms with Crippen LogP contribution in [0.4, 0.5) is 0 Å². The summed E-state index contributed by atoms with van der Waals surface area (Å²) in [5.74, 6) is 2.78. The molecule has 4 atom stereocenters. The minimum atomic E-state index is -2.49. The zero-order valence-electron chi connectivity index (χ0n) is 27.7. The van der Waals surface area contributed by atoms with Crippen molar-refractivity contribution in [2.45, 2.75) is 155 Å². The van der Waals surface area contributed by atoms with E-state index in [0.717, 1.165) is 30.8 Å². The second kappa shape index (κ2) is 14.1. The normalized spacial score (nSPS) is 22.3. The molecular formula is C33H60O4Si3. The lowest BCUT2D eigenvalue weighted by Gasteiger charge is -2.47.